The maximum Gasteiger partial charge on any atom is 0.155 e. The Hall–Kier alpha value is -2.33. The summed E-state index contributed by atoms with van der Waals surface area (Å²) in [6.07, 6.45) is 2.08. The van der Waals surface area contributed by atoms with Gasteiger partial charge in [0.05, 0.1) is 5.52 Å². The van der Waals surface area contributed by atoms with E-state index in [-0.39, 0.29) is 0 Å². The number of para-hydroxylation sites is 1. The molecular formula is C15H11N3S. The van der Waals surface area contributed by atoms with Crippen molar-refractivity contribution in [1.29, 1.82) is 0 Å². The van der Waals surface area contributed by atoms with Crippen molar-refractivity contribution in [3.05, 3.63) is 60.1 Å². The first-order valence-electron chi connectivity index (χ1n) is 6.08. The zero-order valence-corrected chi connectivity index (χ0v) is 10.9. The van der Waals surface area contributed by atoms with Crippen molar-refractivity contribution in [3.63, 3.8) is 0 Å². The predicted octanol–water partition coefficient (Wildman–Crippen LogP) is 4.29. The van der Waals surface area contributed by atoms with Crippen molar-refractivity contribution in [1.82, 2.24) is 9.38 Å². The molecule has 0 aliphatic rings. The van der Waals surface area contributed by atoms with Crippen molar-refractivity contribution >= 4 is 38.7 Å². The molecule has 0 aliphatic heterocycles. The average molecular weight is 265 g/mol. The molecule has 3 nitrogen and oxygen atoms in total. The van der Waals surface area contributed by atoms with Gasteiger partial charge in [0.2, 0.25) is 0 Å². The van der Waals surface area contributed by atoms with Gasteiger partial charge in [-0.2, -0.15) is 0 Å². The number of hydrogen-bond donors (Lipinski definition) is 1. The lowest BCUT2D eigenvalue weighted by Crippen LogP contribution is -1.97. The summed E-state index contributed by atoms with van der Waals surface area (Å²) in [6.45, 7) is 0. The van der Waals surface area contributed by atoms with Gasteiger partial charge in [0.25, 0.3) is 0 Å². The van der Waals surface area contributed by atoms with Gasteiger partial charge < -0.3 is 9.72 Å². The lowest BCUT2D eigenvalue weighted by molar-refractivity contribution is 1.25. The Labute approximate surface area is 114 Å². The van der Waals surface area contributed by atoms with Crippen LogP contribution in [0.3, 0.4) is 0 Å². The highest BCUT2D eigenvalue weighted by molar-refractivity contribution is 7.16. The first-order valence-corrected chi connectivity index (χ1v) is 6.96. The molecule has 0 saturated heterocycles. The van der Waals surface area contributed by atoms with E-state index in [1.54, 1.807) is 11.3 Å². The van der Waals surface area contributed by atoms with Crippen molar-refractivity contribution in [3.8, 4) is 0 Å². The molecule has 3 heterocycles. The number of nitrogens with one attached hydrogen (secondary N) is 1. The average Bonchev–Trinajstić information content (AvgIpc) is 3.07. The molecule has 0 aliphatic carbocycles. The van der Waals surface area contributed by atoms with Crippen molar-refractivity contribution in [2.75, 3.05) is 5.32 Å². The minimum Gasteiger partial charge on any atom is -0.338 e. The van der Waals surface area contributed by atoms with Crippen LogP contribution in [-0.2, 0) is 0 Å². The first kappa shape index (κ1) is 10.6. The topological polar surface area (TPSA) is 29.3 Å². The van der Waals surface area contributed by atoms with E-state index in [9.17, 15) is 0 Å². The summed E-state index contributed by atoms with van der Waals surface area (Å²) in [5.74, 6) is 0.891. The fourth-order valence-electron chi connectivity index (χ4n) is 2.24. The molecule has 0 fully saturated rings. The summed E-state index contributed by atoms with van der Waals surface area (Å²) in [5, 5.41) is 5.46. The molecule has 0 bridgehead atoms. The number of hydrogen-bond acceptors (Lipinski definition) is 3. The second kappa shape index (κ2) is 4.10. The van der Waals surface area contributed by atoms with E-state index in [2.05, 4.69) is 33.4 Å². The van der Waals surface area contributed by atoms with Gasteiger partial charge in [-0.15, -0.1) is 11.3 Å². The molecule has 4 rings (SSSR count). The van der Waals surface area contributed by atoms with Crippen molar-refractivity contribution < 1.29 is 0 Å². The number of aromatic nitrogens is 2. The SMILES string of the molecule is c1ccc(Nc2nc3ccsc3n3cccc23)cc1. The van der Waals surface area contributed by atoms with Crippen LogP contribution in [-0.4, -0.2) is 9.38 Å². The Bertz CT molecular complexity index is 845. The molecule has 0 unspecified atom stereocenters. The van der Waals surface area contributed by atoms with Gasteiger partial charge >= 0.3 is 0 Å². The number of fused-ring (bicyclic) bond motifs is 3. The van der Waals surface area contributed by atoms with Crippen LogP contribution in [0.5, 0.6) is 0 Å². The van der Waals surface area contributed by atoms with Crippen molar-refractivity contribution in [2.24, 2.45) is 0 Å². The maximum atomic E-state index is 4.71. The van der Waals surface area contributed by atoms with Gasteiger partial charge in [-0.05, 0) is 35.7 Å². The first-order chi connectivity index (χ1) is 9.42. The van der Waals surface area contributed by atoms with E-state index >= 15 is 0 Å². The molecule has 92 valence electrons. The molecule has 3 aromatic heterocycles. The zero-order chi connectivity index (χ0) is 12.7. The summed E-state index contributed by atoms with van der Waals surface area (Å²) in [7, 11) is 0. The van der Waals surface area contributed by atoms with E-state index in [0.29, 0.717) is 0 Å². The van der Waals surface area contributed by atoms with E-state index in [4.69, 9.17) is 4.98 Å². The standard InChI is InChI=1S/C15H11N3S/c1-2-5-11(6-3-1)16-14-13-7-4-9-18(13)15-12(17-14)8-10-19-15/h1-10H,(H,16,17). The summed E-state index contributed by atoms with van der Waals surface area (Å²) in [5.41, 5.74) is 3.17. The van der Waals surface area contributed by atoms with Crippen LogP contribution in [0.2, 0.25) is 0 Å². The van der Waals surface area contributed by atoms with Crippen LogP contribution < -0.4 is 5.32 Å². The number of benzene rings is 1. The number of nitrogens with zero attached hydrogens (tertiary/aromatic N) is 2. The Morgan fingerprint density at radius 1 is 1.00 bits per heavy atom. The quantitative estimate of drug-likeness (QED) is 0.585. The van der Waals surface area contributed by atoms with Gasteiger partial charge in [0.1, 0.15) is 10.3 Å². The van der Waals surface area contributed by atoms with E-state index < -0.39 is 0 Å². The molecule has 0 saturated carbocycles. The van der Waals surface area contributed by atoms with E-state index in [0.717, 1.165) is 22.5 Å². The third-order valence-electron chi connectivity index (χ3n) is 3.10. The highest BCUT2D eigenvalue weighted by Crippen LogP contribution is 2.27. The normalized spacial score (nSPS) is 11.2. The van der Waals surface area contributed by atoms with Crippen LogP contribution >= 0.6 is 11.3 Å². The maximum absolute atomic E-state index is 4.71. The summed E-state index contributed by atoms with van der Waals surface area (Å²) >= 11 is 1.71. The number of rotatable bonds is 2. The molecular weight excluding hydrogens is 254 g/mol. The Morgan fingerprint density at radius 2 is 1.89 bits per heavy atom. The minimum absolute atomic E-state index is 0.891. The highest BCUT2D eigenvalue weighted by atomic mass is 32.1. The third-order valence-corrected chi connectivity index (χ3v) is 4.00. The molecule has 1 N–H and O–H groups in total. The highest BCUT2D eigenvalue weighted by Gasteiger charge is 2.08. The minimum atomic E-state index is 0.891. The fourth-order valence-corrected chi connectivity index (χ4v) is 3.07. The van der Waals surface area contributed by atoms with Gasteiger partial charge in [0.15, 0.2) is 5.82 Å². The smallest absolute Gasteiger partial charge is 0.155 e. The molecule has 0 spiro atoms. The summed E-state index contributed by atoms with van der Waals surface area (Å²) in [4.78, 5) is 5.89. The molecule has 0 atom stereocenters. The van der Waals surface area contributed by atoms with Gasteiger partial charge in [-0.1, -0.05) is 18.2 Å². The van der Waals surface area contributed by atoms with Crippen molar-refractivity contribution in [2.45, 2.75) is 0 Å². The lowest BCUT2D eigenvalue weighted by Gasteiger charge is -2.08. The predicted molar refractivity (Wildman–Crippen MR) is 80.3 cm³/mol. The molecule has 4 aromatic rings. The largest absolute Gasteiger partial charge is 0.338 e. The monoisotopic (exact) mass is 265 g/mol. The number of anilines is 2. The van der Waals surface area contributed by atoms with Gasteiger partial charge in [-0.3, -0.25) is 0 Å². The second-order valence-electron chi connectivity index (χ2n) is 4.33. The summed E-state index contributed by atoms with van der Waals surface area (Å²) in [6, 6.07) is 16.3. The van der Waals surface area contributed by atoms with Gasteiger partial charge in [-0.25, -0.2) is 4.98 Å². The van der Waals surface area contributed by atoms with Crippen LogP contribution in [0.25, 0.3) is 15.9 Å². The number of thiophene rings is 1. The zero-order valence-electron chi connectivity index (χ0n) is 10.1. The molecule has 19 heavy (non-hydrogen) atoms. The Balaban J connectivity index is 1.94. The van der Waals surface area contributed by atoms with Gasteiger partial charge in [0, 0.05) is 11.9 Å². The van der Waals surface area contributed by atoms with Crippen LogP contribution in [0, 0.1) is 0 Å². The lowest BCUT2D eigenvalue weighted by atomic mass is 10.3. The fraction of sp³-hybridized carbons (Fsp3) is 0. The second-order valence-corrected chi connectivity index (χ2v) is 5.22. The molecule has 0 radical (unpaired) electrons. The van der Waals surface area contributed by atoms with Crippen LogP contribution in [0.4, 0.5) is 11.5 Å². The van der Waals surface area contributed by atoms with E-state index in [1.165, 1.54) is 4.83 Å². The van der Waals surface area contributed by atoms with Crippen LogP contribution in [0.1, 0.15) is 0 Å². The van der Waals surface area contributed by atoms with E-state index in [1.807, 2.05) is 36.4 Å². The third kappa shape index (κ3) is 1.69. The van der Waals surface area contributed by atoms with Crippen LogP contribution in [0.15, 0.2) is 60.1 Å². The summed E-state index contributed by atoms with van der Waals surface area (Å²) < 4.78 is 2.18. The Kier molecular flexibility index (Phi) is 2.28. The molecule has 1 aromatic carbocycles. The Morgan fingerprint density at radius 3 is 2.79 bits per heavy atom. The molecule has 4 heteroatoms. The molecule has 0 amide bonds.